The van der Waals surface area contributed by atoms with Crippen molar-refractivity contribution in [2.75, 3.05) is 5.32 Å². The van der Waals surface area contributed by atoms with E-state index in [0.717, 1.165) is 5.56 Å². The Hall–Kier alpha value is -2.95. The molecule has 0 aliphatic rings. The smallest absolute Gasteiger partial charge is 0.223 e. The van der Waals surface area contributed by atoms with E-state index < -0.39 is 0 Å². The first-order chi connectivity index (χ1) is 11.4. The average molecular weight is 321 g/mol. The zero-order valence-corrected chi connectivity index (χ0v) is 13.9. The van der Waals surface area contributed by atoms with Crippen molar-refractivity contribution in [3.8, 4) is 5.75 Å². The Morgan fingerprint density at radius 3 is 2.71 bits per heavy atom. The summed E-state index contributed by atoms with van der Waals surface area (Å²) in [5.41, 5.74) is 2.38. The number of nitrogens with zero attached hydrogens (tertiary/aromatic N) is 2. The number of fused-ring (bicyclic) bond motifs is 1. The van der Waals surface area contributed by atoms with Crippen LogP contribution in [0, 0.1) is 6.92 Å². The third-order valence-electron chi connectivity index (χ3n) is 3.64. The van der Waals surface area contributed by atoms with Gasteiger partial charge in [-0.15, -0.1) is 0 Å². The summed E-state index contributed by atoms with van der Waals surface area (Å²) >= 11 is 0. The highest BCUT2D eigenvalue weighted by Crippen LogP contribution is 2.26. The predicted octanol–water partition coefficient (Wildman–Crippen LogP) is 3.70. The summed E-state index contributed by atoms with van der Waals surface area (Å²) in [5, 5.41) is 14.1. The van der Waals surface area contributed by atoms with E-state index >= 15 is 0 Å². The number of phenolic OH excluding ortho intramolecular Hbond substituents is 1. The van der Waals surface area contributed by atoms with Crippen molar-refractivity contribution in [2.45, 2.75) is 26.8 Å². The maximum atomic E-state index is 12.7. The van der Waals surface area contributed by atoms with Crippen molar-refractivity contribution >= 4 is 22.6 Å². The van der Waals surface area contributed by atoms with Crippen LogP contribution in [-0.4, -0.2) is 26.9 Å². The van der Waals surface area contributed by atoms with Gasteiger partial charge in [0.05, 0.1) is 11.1 Å². The molecule has 3 rings (SSSR count). The molecule has 0 saturated heterocycles. The number of anilines is 1. The fourth-order valence-corrected chi connectivity index (χ4v) is 2.52. The number of aromatic nitrogens is 2. The SMILES string of the molecule is Cc1cccc(C(=O)c2cc3cnc(NC(C)C)nc3cc2O)c1. The highest BCUT2D eigenvalue weighted by atomic mass is 16.3. The average Bonchev–Trinajstić information content (AvgIpc) is 2.53. The Balaban J connectivity index is 2.03. The second-order valence-corrected chi connectivity index (χ2v) is 6.12. The number of carbonyl (C=O) groups is 1. The van der Waals surface area contributed by atoms with Gasteiger partial charge in [-0.1, -0.05) is 23.8 Å². The molecule has 1 aromatic heterocycles. The first-order valence-electron chi connectivity index (χ1n) is 7.81. The predicted molar refractivity (Wildman–Crippen MR) is 94.6 cm³/mol. The third-order valence-corrected chi connectivity index (χ3v) is 3.64. The number of aryl methyl sites for hydroxylation is 1. The van der Waals surface area contributed by atoms with Crippen LogP contribution in [0.25, 0.3) is 10.9 Å². The van der Waals surface area contributed by atoms with Crippen LogP contribution in [0.4, 0.5) is 5.95 Å². The van der Waals surface area contributed by atoms with Gasteiger partial charge in [0.25, 0.3) is 0 Å². The number of phenols is 1. The van der Waals surface area contributed by atoms with Gasteiger partial charge in [-0.25, -0.2) is 9.97 Å². The minimum atomic E-state index is -0.220. The van der Waals surface area contributed by atoms with E-state index in [0.29, 0.717) is 22.4 Å². The molecule has 0 atom stereocenters. The summed E-state index contributed by atoms with van der Waals surface area (Å²) in [6, 6.07) is 10.6. The lowest BCUT2D eigenvalue weighted by molar-refractivity contribution is 0.103. The fraction of sp³-hybridized carbons (Fsp3) is 0.211. The quantitative estimate of drug-likeness (QED) is 0.717. The van der Waals surface area contributed by atoms with Gasteiger partial charge in [0.1, 0.15) is 5.75 Å². The number of ketones is 1. The van der Waals surface area contributed by atoms with Crippen molar-refractivity contribution in [1.82, 2.24) is 9.97 Å². The maximum absolute atomic E-state index is 12.7. The van der Waals surface area contributed by atoms with Crippen molar-refractivity contribution in [3.05, 3.63) is 59.3 Å². The minimum absolute atomic E-state index is 0.0804. The summed E-state index contributed by atoms with van der Waals surface area (Å²) in [6.07, 6.45) is 1.65. The molecule has 0 radical (unpaired) electrons. The molecule has 2 N–H and O–H groups in total. The summed E-state index contributed by atoms with van der Waals surface area (Å²) in [5.74, 6) is 0.195. The van der Waals surface area contributed by atoms with E-state index in [-0.39, 0.29) is 23.1 Å². The molecule has 0 bridgehead atoms. The number of benzene rings is 2. The van der Waals surface area contributed by atoms with Crippen LogP contribution in [0.1, 0.15) is 35.3 Å². The van der Waals surface area contributed by atoms with Gasteiger partial charge in [-0.2, -0.15) is 0 Å². The molecular weight excluding hydrogens is 302 g/mol. The minimum Gasteiger partial charge on any atom is -0.507 e. The van der Waals surface area contributed by atoms with Crippen LogP contribution >= 0.6 is 0 Å². The number of rotatable bonds is 4. The molecule has 0 aliphatic carbocycles. The zero-order chi connectivity index (χ0) is 17.3. The molecule has 0 fully saturated rings. The van der Waals surface area contributed by atoms with E-state index in [4.69, 9.17) is 0 Å². The summed E-state index contributed by atoms with van der Waals surface area (Å²) in [6.45, 7) is 5.91. The third kappa shape index (κ3) is 3.20. The standard InChI is InChI=1S/C19H19N3O2/c1-11(2)21-19-20-10-14-8-15(17(23)9-16(14)22-19)18(24)13-6-4-5-12(3)7-13/h4-11,23H,1-3H3,(H,20,21,22). The van der Waals surface area contributed by atoms with Gasteiger partial charge < -0.3 is 10.4 Å². The molecule has 24 heavy (non-hydrogen) atoms. The van der Waals surface area contributed by atoms with Gasteiger partial charge in [-0.05, 0) is 32.9 Å². The summed E-state index contributed by atoms with van der Waals surface area (Å²) in [4.78, 5) is 21.3. The zero-order valence-electron chi connectivity index (χ0n) is 13.9. The van der Waals surface area contributed by atoms with Gasteiger partial charge >= 0.3 is 0 Å². The van der Waals surface area contributed by atoms with E-state index in [1.807, 2.05) is 32.9 Å². The molecule has 0 saturated carbocycles. The molecule has 1 heterocycles. The summed E-state index contributed by atoms with van der Waals surface area (Å²) < 4.78 is 0. The Kier molecular flexibility index (Phi) is 4.16. The number of aromatic hydroxyl groups is 1. The molecule has 0 aliphatic heterocycles. The van der Waals surface area contributed by atoms with Crippen molar-refractivity contribution in [3.63, 3.8) is 0 Å². The van der Waals surface area contributed by atoms with Gasteiger partial charge in [-0.3, -0.25) is 4.79 Å². The van der Waals surface area contributed by atoms with Crippen LogP contribution in [0.2, 0.25) is 0 Å². The molecule has 122 valence electrons. The molecule has 0 amide bonds. The van der Waals surface area contributed by atoms with E-state index in [2.05, 4.69) is 15.3 Å². The van der Waals surface area contributed by atoms with Crippen molar-refractivity contribution in [2.24, 2.45) is 0 Å². The number of hydrogen-bond donors (Lipinski definition) is 2. The molecular formula is C19H19N3O2. The normalized spacial score (nSPS) is 11.0. The van der Waals surface area contributed by atoms with Crippen LogP contribution in [0.3, 0.4) is 0 Å². The van der Waals surface area contributed by atoms with Gasteiger partial charge in [0.2, 0.25) is 5.95 Å². The summed E-state index contributed by atoms with van der Waals surface area (Å²) in [7, 11) is 0. The second kappa shape index (κ2) is 6.28. The Labute approximate surface area is 140 Å². The number of nitrogens with one attached hydrogen (secondary N) is 1. The number of hydrogen-bond acceptors (Lipinski definition) is 5. The van der Waals surface area contributed by atoms with E-state index in [1.165, 1.54) is 6.07 Å². The molecule has 3 aromatic rings. The Morgan fingerprint density at radius 1 is 1.21 bits per heavy atom. The molecule has 5 heteroatoms. The van der Waals surface area contributed by atoms with E-state index in [9.17, 15) is 9.90 Å². The first-order valence-corrected chi connectivity index (χ1v) is 7.81. The Morgan fingerprint density at radius 2 is 2.00 bits per heavy atom. The lowest BCUT2D eigenvalue weighted by atomic mass is 9.99. The lowest BCUT2D eigenvalue weighted by Gasteiger charge is -2.10. The van der Waals surface area contributed by atoms with Gasteiger partial charge in [0, 0.05) is 29.3 Å². The number of carbonyl (C=O) groups excluding carboxylic acids is 1. The first kappa shape index (κ1) is 15.9. The molecule has 0 unspecified atom stereocenters. The second-order valence-electron chi connectivity index (χ2n) is 6.12. The molecule has 2 aromatic carbocycles. The van der Waals surface area contributed by atoms with Crippen LogP contribution in [0.5, 0.6) is 5.75 Å². The largest absolute Gasteiger partial charge is 0.507 e. The monoisotopic (exact) mass is 321 g/mol. The highest BCUT2D eigenvalue weighted by molar-refractivity contribution is 6.12. The molecule has 5 nitrogen and oxygen atoms in total. The lowest BCUT2D eigenvalue weighted by Crippen LogP contribution is -2.12. The maximum Gasteiger partial charge on any atom is 0.223 e. The van der Waals surface area contributed by atoms with Crippen LogP contribution < -0.4 is 5.32 Å². The van der Waals surface area contributed by atoms with Crippen LogP contribution in [-0.2, 0) is 0 Å². The van der Waals surface area contributed by atoms with Crippen molar-refractivity contribution in [1.29, 1.82) is 0 Å². The highest BCUT2D eigenvalue weighted by Gasteiger charge is 2.16. The fourth-order valence-electron chi connectivity index (χ4n) is 2.52. The van der Waals surface area contributed by atoms with E-state index in [1.54, 1.807) is 24.4 Å². The molecule has 0 spiro atoms. The van der Waals surface area contributed by atoms with Gasteiger partial charge in [0.15, 0.2) is 5.78 Å². The topological polar surface area (TPSA) is 75.1 Å². The Bertz CT molecular complexity index is 920. The van der Waals surface area contributed by atoms with Crippen LogP contribution in [0.15, 0.2) is 42.6 Å². The van der Waals surface area contributed by atoms with Crippen molar-refractivity contribution < 1.29 is 9.90 Å².